The standard InChI is InChI=1S/C46H82N4O14P2/c1-3-5-7-9-11-13-15-17-19-21-23-25-27-29-40(51)59-33-37(62-41(52)30-28-26-24-22-20-18-16-14-12-10-8-6-4-2)34-60-65(55,56)64-66(57,58)61-35-39-42(53)43(54)46(63-39)50-32-31-38-44(47)48-36-49-45(38)50/h31-32,36-37,39,42-43,46,53-54H,3-30,33-35H2,1-2H3,(H,55,56)(H,57,58)(H2,47,48,49)/t37-,39-,42+,43+,46-/m1/s1. The molecule has 0 bridgehead atoms. The molecule has 1 saturated heterocycles. The van der Waals surface area contributed by atoms with Crippen LogP contribution in [0.2, 0.25) is 0 Å². The number of hydrogen-bond donors (Lipinski definition) is 5. The van der Waals surface area contributed by atoms with Gasteiger partial charge in [0.1, 0.15) is 42.7 Å². The van der Waals surface area contributed by atoms with Gasteiger partial charge in [0.25, 0.3) is 0 Å². The zero-order valence-corrected chi connectivity index (χ0v) is 41.5. The van der Waals surface area contributed by atoms with E-state index >= 15 is 0 Å². The fourth-order valence-corrected chi connectivity index (χ4v) is 10.1. The number of rotatable bonds is 40. The number of anilines is 1. The van der Waals surface area contributed by atoms with E-state index in [-0.39, 0.29) is 18.7 Å². The number of hydrogen-bond acceptors (Lipinski definition) is 15. The fraction of sp³-hybridized carbons (Fsp3) is 0.826. The number of esters is 2. The molecule has 0 radical (unpaired) electrons. The van der Waals surface area contributed by atoms with Crippen molar-refractivity contribution >= 4 is 44.4 Å². The third-order valence-corrected chi connectivity index (χ3v) is 14.5. The van der Waals surface area contributed by atoms with Crippen molar-refractivity contribution in [1.82, 2.24) is 14.5 Å². The lowest BCUT2D eigenvalue weighted by molar-refractivity contribution is -0.161. The van der Waals surface area contributed by atoms with Gasteiger partial charge in [0, 0.05) is 19.0 Å². The molecule has 66 heavy (non-hydrogen) atoms. The third-order valence-electron chi connectivity index (χ3n) is 11.9. The highest BCUT2D eigenvalue weighted by Gasteiger charge is 2.46. The zero-order chi connectivity index (χ0) is 48.0. The molecule has 0 amide bonds. The first kappa shape index (κ1) is 57.8. The van der Waals surface area contributed by atoms with Crippen LogP contribution in [0.4, 0.5) is 5.82 Å². The van der Waals surface area contributed by atoms with Crippen molar-refractivity contribution in [3.63, 3.8) is 0 Å². The van der Waals surface area contributed by atoms with Gasteiger partial charge in [0.15, 0.2) is 12.3 Å². The van der Waals surface area contributed by atoms with Crippen molar-refractivity contribution in [3.8, 4) is 0 Å². The molecule has 0 aliphatic carbocycles. The van der Waals surface area contributed by atoms with E-state index in [9.17, 15) is 38.7 Å². The van der Waals surface area contributed by atoms with E-state index in [0.29, 0.717) is 23.9 Å². The predicted octanol–water partition coefficient (Wildman–Crippen LogP) is 10.3. The Kier molecular flexibility index (Phi) is 29.0. The van der Waals surface area contributed by atoms with Gasteiger partial charge in [0.2, 0.25) is 0 Å². The molecule has 3 heterocycles. The number of phosphoric ester groups is 2. The lowest BCUT2D eigenvalue weighted by atomic mass is 10.0. The molecule has 0 aromatic carbocycles. The minimum atomic E-state index is -5.38. The average Bonchev–Trinajstić information content (AvgIpc) is 3.84. The van der Waals surface area contributed by atoms with Crippen molar-refractivity contribution in [3.05, 3.63) is 18.6 Å². The minimum Gasteiger partial charge on any atom is -0.462 e. The second kappa shape index (κ2) is 33.1. The van der Waals surface area contributed by atoms with E-state index in [4.69, 9.17) is 29.0 Å². The summed E-state index contributed by atoms with van der Waals surface area (Å²) in [4.78, 5) is 54.3. The summed E-state index contributed by atoms with van der Waals surface area (Å²) >= 11 is 0. The molecule has 380 valence electrons. The van der Waals surface area contributed by atoms with E-state index in [1.165, 1.54) is 126 Å². The Hall–Kier alpha value is -2.50. The molecule has 2 aromatic heterocycles. The Morgan fingerprint density at radius 3 is 1.67 bits per heavy atom. The van der Waals surface area contributed by atoms with E-state index in [0.717, 1.165) is 44.9 Å². The van der Waals surface area contributed by atoms with Crippen LogP contribution in [0.15, 0.2) is 18.6 Å². The van der Waals surface area contributed by atoms with Gasteiger partial charge in [-0.05, 0) is 18.9 Å². The second-order valence-corrected chi connectivity index (χ2v) is 20.7. The van der Waals surface area contributed by atoms with Crippen LogP contribution in [0.5, 0.6) is 0 Å². The summed E-state index contributed by atoms with van der Waals surface area (Å²) in [6, 6.07) is 1.59. The van der Waals surface area contributed by atoms with Crippen molar-refractivity contribution in [2.24, 2.45) is 0 Å². The first-order valence-electron chi connectivity index (χ1n) is 24.9. The average molecular weight is 977 g/mol. The summed E-state index contributed by atoms with van der Waals surface area (Å²) in [6.45, 7) is 2.29. The largest absolute Gasteiger partial charge is 0.481 e. The van der Waals surface area contributed by atoms with E-state index in [1.807, 2.05) is 0 Å². The lowest BCUT2D eigenvalue weighted by Crippen LogP contribution is -2.33. The zero-order valence-electron chi connectivity index (χ0n) is 39.7. The number of fused-ring (bicyclic) bond motifs is 1. The van der Waals surface area contributed by atoms with Crippen LogP contribution < -0.4 is 5.73 Å². The quantitative estimate of drug-likeness (QED) is 0.0236. The van der Waals surface area contributed by atoms with Crippen molar-refractivity contribution in [2.75, 3.05) is 25.6 Å². The molecule has 0 saturated carbocycles. The van der Waals surface area contributed by atoms with Gasteiger partial charge in [-0.1, -0.05) is 168 Å². The molecule has 0 spiro atoms. The maximum Gasteiger partial charge on any atom is 0.481 e. The highest BCUT2D eigenvalue weighted by molar-refractivity contribution is 7.61. The number of ether oxygens (including phenoxy) is 3. The molecule has 20 heteroatoms. The maximum absolute atomic E-state index is 12.9. The molecule has 1 fully saturated rings. The summed E-state index contributed by atoms with van der Waals surface area (Å²) < 4.78 is 58.0. The number of phosphoric acid groups is 2. The first-order chi connectivity index (χ1) is 31.8. The number of aromatic nitrogens is 3. The van der Waals surface area contributed by atoms with Crippen molar-refractivity contribution in [2.45, 2.75) is 224 Å². The third kappa shape index (κ3) is 23.7. The van der Waals surface area contributed by atoms with Crippen LogP contribution in [0.25, 0.3) is 11.0 Å². The number of aliphatic hydroxyl groups is 2. The number of aliphatic hydroxyl groups excluding tert-OH is 2. The van der Waals surface area contributed by atoms with Crippen LogP contribution in [-0.4, -0.2) is 90.7 Å². The summed E-state index contributed by atoms with van der Waals surface area (Å²) in [5.74, 6) is -0.974. The number of carbonyl (C=O) groups excluding carboxylic acids is 2. The Morgan fingerprint density at radius 2 is 1.15 bits per heavy atom. The van der Waals surface area contributed by atoms with Crippen LogP contribution in [0.3, 0.4) is 0 Å². The van der Waals surface area contributed by atoms with E-state index in [1.54, 1.807) is 6.07 Å². The monoisotopic (exact) mass is 977 g/mol. The summed E-state index contributed by atoms with van der Waals surface area (Å²) in [5, 5.41) is 21.8. The number of nitrogens with zero attached hydrogens (tertiary/aromatic N) is 3. The molecule has 1 aliphatic rings. The van der Waals surface area contributed by atoms with Gasteiger partial charge in [-0.15, -0.1) is 0 Å². The molecular weight excluding hydrogens is 894 g/mol. The Balaban J connectivity index is 1.43. The maximum atomic E-state index is 12.9. The molecule has 18 nitrogen and oxygen atoms in total. The van der Waals surface area contributed by atoms with Crippen LogP contribution in [-0.2, 0) is 46.3 Å². The fourth-order valence-electron chi connectivity index (χ4n) is 8.01. The molecule has 6 N–H and O–H groups in total. The van der Waals surface area contributed by atoms with Gasteiger partial charge in [0.05, 0.1) is 18.6 Å². The van der Waals surface area contributed by atoms with E-state index < -0.39 is 78.0 Å². The molecular formula is C46H82N4O14P2. The van der Waals surface area contributed by atoms with E-state index in [2.05, 4.69) is 28.1 Å². The van der Waals surface area contributed by atoms with Gasteiger partial charge in [-0.25, -0.2) is 19.1 Å². The summed E-state index contributed by atoms with van der Waals surface area (Å²) in [5.41, 5.74) is 6.18. The highest BCUT2D eigenvalue weighted by Crippen LogP contribution is 2.60. The second-order valence-electron chi connectivity index (χ2n) is 17.7. The SMILES string of the molecule is CCCCCCCCCCCCCCCC(=O)OC[C@H](COP(=O)(O)OP(=O)(O)OC[C@H]1O[C@@H](n2ccc3c(N)ncnc32)[C@@H](O)[C@H]1O)OC(=O)CCCCCCCCCCCCCCC. The Bertz CT molecular complexity index is 1740. The van der Waals surface area contributed by atoms with Gasteiger partial charge < -0.3 is 44.5 Å². The lowest BCUT2D eigenvalue weighted by Gasteiger charge is -2.21. The normalized spacial score (nSPS) is 19.7. The number of nitrogen functional groups attached to an aromatic ring is 1. The molecule has 1 aliphatic heterocycles. The molecule has 3 rings (SSSR count). The van der Waals surface area contributed by atoms with Gasteiger partial charge >= 0.3 is 27.6 Å². The Labute approximate surface area is 392 Å². The molecule has 2 unspecified atom stereocenters. The first-order valence-corrected chi connectivity index (χ1v) is 27.9. The number of carbonyl (C=O) groups is 2. The van der Waals surface area contributed by atoms with Crippen LogP contribution in [0, 0.1) is 0 Å². The van der Waals surface area contributed by atoms with Crippen LogP contribution in [0.1, 0.15) is 200 Å². The van der Waals surface area contributed by atoms with Gasteiger partial charge in [-0.2, -0.15) is 4.31 Å². The topological polar surface area (TPSA) is 261 Å². The predicted molar refractivity (Wildman–Crippen MR) is 252 cm³/mol. The summed E-state index contributed by atoms with van der Waals surface area (Å²) in [7, 11) is -10.8. The minimum absolute atomic E-state index is 0.0705. The molecule has 7 atom stereocenters. The Morgan fingerprint density at radius 1 is 0.682 bits per heavy atom. The van der Waals surface area contributed by atoms with Gasteiger partial charge in [-0.3, -0.25) is 18.6 Å². The van der Waals surface area contributed by atoms with Crippen LogP contribution >= 0.6 is 15.6 Å². The highest BCUT2D eigenvalue weighted by atomic mass is 31.3. The van der Waals surface area contributed by atoms with Crippen molar-refractivity contribution in [1.29, 1.82) is 0 Å². The number of nitrogens with two attached hydrogens (primary N) is 1. The smallest absolute Gasteiger partial charge is 0.462 e. The molecule has 2 aromatic rings. The number of unbranched alkanes of at least 4 members (excludes halogenated alkanes) is 24. The van der Waals surface area contributed by atoms with Crippen molar-refractivity contribution < 1.29 is 66.3 Å². The summed E-state index contributed by atoms with van der Waals surface area (Å²) in [6.07, 6.45) is 25.7.